The van der Waals surface area contributed by atoms with E-state index >= 15 is 0 Å². The maximum Gasteiger partial charge on any atom is 0.247 e. The molecule has 11 heteroatoms. The molecule has 2 heterocycles. The van der Waals surface area contributed by atoms with Gasteiger partial charge in [-0.1, -0.05) is 18.2 Å². The predicted octanol–water partition coefficient (Wildman–Crippen LogP) is 4.36. The molecule has 8 nitrogen and oxygen atoms in total. The number of nitrogens with one attached hydrogen (secondary N) is 1. The van der Waals surface area contributed by atoms with Gasteiger partial charge in [0.15, 0.2) is 0 Å². The van der Waals surface area contributed by atoms with Crippen molar-refractivity contribution in [2.45, 2.75) is 45.4 Å². The molecule has 0 aliphatic rings. The lowest BCUT2D eigenvalue weighted by atomic mass is 10.0. The van der Waals surface area contributed by atoms with Gasteiger partial charge in [0.1, 0.15) is 24.2 Å². The number of carbonyl (C=O) groups is 2. The SMILES string of the molecule is CC(C)(C)NC(=O)[C@H](c1ccc(F)cc1)N(Cc1cccs1)C(=O)Cn1nnc(-c2ccc(F)cc2)n1. The van der Waals surface area contributed by atoms with Gasteiger partial charge < -0.3 is 10.2 Å². The summed E-state index contributed by atoms with van der Waals surface area (Å²) in [5, 5.41) is 17.0. The number of hydrogen-bond donors (Lipinski definition) is 1. The van der Waals surface area contributed by atoms with Crippen molar-refractivity contribution in [3.05, 3.63) is 88.1 Å². The Morgan fingerprint density at radius 1 is 1.03 bits per heavy atom. The fourth-order valence-corrected chi connectivity index (χ4v) is 4.39. The standard InChI is InChI=1S/C26H26F2N6O2S/c1-26(2,3)29-25(36)23(17-6-10-19(27)11-7-17)33(15-21-5-4-14-37-21)22(35)16-34-31-24(30-32-34)18-8-12-20(28)13-9-18/h4-14,23H,15-16H2,1-3H3,(H,29,36)/t23-/m0/s1. The Balaban J connectivity index is 1.66. The molecule has 0 unspecified atom stereocenters. The molecular weight excluding hydrogens is 498 g/mol. The number of tetrazole rings is 1. The molecule has 1 atom stereocenters. The Morgan fingerprint density at radius 2 is 1.68 bits per heavy atom. The number of aromatic nitrogens is 4. The Kier molecular flexibility index (Phi) is 7.72. The van der Waals surface area contributed by atoms with Crippen molar-refractivity contribution in [3.8, 4) is 11.4 Å². The zero-order valence-electron chi connectivity index (χ0n) is 20.6. The van der Waals surface area contributed by atoms with Crippen LogP contribution in [0.3, 0.4) is 0 Å². The molecule has 4 rings (SSSR count). The summed E-state index contributed by atoms with van der Waals surface area (Å²) < 4.78 is 27.0. The number of amides is 2. The molecule has 0 fully saturated rings. The summed E-state index contributed by atoms with van der Waals surface area (Å²) in [5.74, 6) is -1.44. The van der Waals surface area contributed by atoms with E-state index in [4.69, 9.17) is 0 Å². The van der Waals surface area contributed by atoms with Crippen molar-refractivity contribution in [3.63, 3.8) is 0 Å². The van der Waals surface area contributed by atoms with Gasteiger partial charge in [0.05, 0.1) is 6.54 Å². The summed E-state index contributed by atoms with van der Waals surface area (Å²) in [4.78, 5) is 30.6. The van der Waals surface area contributed by atoms with Crippen molar-refractivity contribution in [1.82, 2.24) is 30.4 Å². The Morgan fingerprint density at radius 3 is 2.27 bits per heavy atom. The summed E-state index contributed by atoms with van der Waals surface area (Å²) in [6.07, 6.45) is 0. The lowest BCUT2D eigenvalue weighted by molar-refractivity contribution is -0.143. The molecule has 2 aromatic carbocycles. The Hall–Kier alpha value is -3.99. The summed E-state index contributed by atoms with van der Waals surface area (Å²) in [6, 6.07) is 13.8. The normalized spacial score (nSPS) is 12.2. The first kappa shape index (κ1) is 26.1. The summed E-state index contributed by atoms with van der Waals surface area (Å²) in [6.45, 7) is 5.38. The monoisotopic (exact) mass is 524 g/mol. The molecule has 0 aliphatic heterocycles. The smallest absolute Gasteiger partial charge is 0.247 e. The number of hydrogen-bond acceptors (Lipinski definition) is 6. The van der Waals surface area contributed by atoms with Crippen LogP contribution < -0.4 is 5.32 Å². The third-order valence-corrected chi connectivity index (χ3v) is 6.16. The van der Waals surface area contributed by atoms with Gasteiger partial charge in [0, 0.05) is 16.0 Å². The molecule has 37 heavy (non-hydrogen) atoms. The summed E-state index contributed by atoms with van der Waals surface area (Å²) >= 11 is 1.45. The number of benzene rings is 2. The highest BCUT2D eigenvalue weighted by atomic mass is 32.1. The van der Waals surface area contributed by atoms with Crippen molar-refractivity contribution >= 4 is 23.2 Å². The summed E-state index contributed by atoms with van der Waals surface area (Å²) in [5.41, 5.74) is 0.445. The molecule has 0 radical (unpaired) electrons. The molecule has 192 valence electrons. The number of carbonyl (C=O) groups excluding carboxylic acids is 2. The van der Waals surface area contributed by atoms with Crippen molar-refractivity contribution in [1.29, 1.82) is 0 Å². The Labute approximate surface area is 216 Å². The minimum absolute atomic E-state index is 0.148. The molecule has 0 bridgehead atoms. The van der Waals surface area contributed by atoms with Crippen LogP contribution in [-0.2, 0) is 22.7 Å². The van der Waals surface area contributed by atoms with E-state index in [2.05, 4.69) is 20.7 Å². The fourth-order valence-electron chi connectivity index (χ4n) is 3.69. The van der Waals surface area contributed by atoms with Crippen LogP contribution in [0.25, 0.3) is 11.4 Å². The maximum atomic E-state index is 13.7. The molecule has 0 saturated carbocycles. The first-order valence-corrected chi connectivity index (χ1v) is 12.4. The van der Waals surface area contributed by atoms with Crippen LogP contribution in [0.1, 0.15) is 37.3 Å². The van der Waals surface area contributed by atoms with Crippen LogP contribution in [0.2, 0.25) is 0 Å². The van der Waals surface area contributed by atoms with Crippen molar-refractivity contribution in [2.24, 2.45) is 0 Å². The van der Waals surface area contributed by atoms with Crippen molar-refractivity contribution in [2.75, 3.05) is 0 Å². The third-order valence-electron chi connectivity index (χ3n) is 5.30. The quantitative estimate of drug-likeness (QED) is 0.370. The highest BCUT2D eigenvalue weighted by Crippen LogP contribution is 2.27. The molecule has 0 spiro atoms. The number of nitrogens with zero attached hydrogens (tertiary/aromatic N) is 5. The lowest BCUT2D eigenvalue weighted by Gasteiger charge is -2.33. The van der Waals surface area contributed by atoms with E-state index in [1.807, 2.05) is 38.3 Å². The molecule has 0 aliphatic carbocycles. The van der Waals surface area contributed by atoms with Gasteiger partial charge in [-0.05, 0) is 79.4 Å². The Bertz CT molecular complexity index is 1350. The number of thiophene rings is 1. The van der Waals surface area contributed by atoms with Gasteiger partial charge in [-0.2, -0.15) is 4.80 Å². The zero-order chi connectivity index (χ0) is 26.6. The van der Waals surface area contributed by atoms with Gasteiger partial charge in [-0.25, -0.2) is 8.78 Å². The molecule has 1 N–H and O–H groups in total. The topological polar surface area (TPSA) is 93.0 Å². The van der Waals surface area contributed by atoms with E-state index in [9.17, 15) is 18.4 Å². The minimum Gasteiger partial charge on any atom is -0.349 e. The van der Waals surface area contributed by atoms with E-state index in [-0.39, 0.29) is 18.9 Å². The molecule has 2 amide bonds. The van der Waals surface area contributed by atoms with Crippen LogP contribution in [0.15, 0.2) is 66.0 Å². The van der Waals surface area contributed by atoms with Crippen LogP contribution in [0.4, 0.5) is 8.78 Å². The second-order valence-corrected chi connectivity index (χ2v) is 10.5. The van der Waals surface area contributed by atoms with Gasteiger partial charge in [-0.15, -0.1) is 21.5 Å². The molecular formula is C26H26F2N6O2S. The van der Waals surface area contributed by atoms with Crippen LogP contribution in [0, 0.1) is 11.6 Å². The van der Waals surface area contributed by atoms with Crippen LogP contribution >= 0.6 is 11.3 Å². The van der Waals surface area contributed by atoms with Gasteiger partial charge in [0.2, 0.25) is 17.6 Å². The zero-order valence-corrected chi connectivity index (χ0v) is 21.4. The first-order valence-electron chi connectivity index (χ1n) is 11.5. The van der Waals surface area contributed by atoms with Gasteiger partial charge >= 0.3 is 0 Å². The average Bonchev–Trinajstić information content (AvgIpc) is 3.51. The second kappa shape index (κ2) is 11.0. The largest absolute Gasteiger partial charge is 0.349 e. The third kappa shape index (κ3) is 6.82. The second-order valence-electron chi connectivity index (χ2n) is 9.44. The van der Waals surface area contributed by atoms with Crippen molar-refractivity contribution < 1.29 is 18.4 Å². The average molecular weight is 525 g/mol. The number of halogens is 2. The minimum atomic E-state index is -1.03. The van der Waals surface area contributed by atoms with Crippen LogP contribution in [0.5, 0.6) is 0 Å². The van der Waals surface area contributed by atoms with Gasteiger partial charge in [-0.3, -0.25) is 9.59 Å². The predicted molar refractivity (Wildman–Crippen MR) is 135 cm³/mol. The number of rotatable bonds is 8. The fraction of sp³-hybridized carbons (Fsp3) is 0.269. The lowest BCUT2D eigenvalue weighted by Crippen LogP contribution is -2.49. The van der Waals surface area contributed by atoms with E-state index in [1.54, 1.807) is 0 Å². The highest BCUT2D eigenvalue weighted by molar-refractivity contribution is 7.09. The molecule has 0 saturated heterocycles. The molecule has 2 aromatic heterocycles. The first-order chi connectivity index (χ1) is 17.6. The van der Waals surface area contributed by atoms with E-state index in [1.165, 1.54) is 64.8 Å². The molecule has 4 aromatic rings. The highest BCUT2D eigenvalue weighted by Gasteiger charge is 2.34. The maximum absolute atomic E-state index is 13.7. The van der Waals surface area contributed by atoms with E-state index in [0.29, 0.717) is 11.1 Å². The van der Waals surface area contributed by atoms with Crippen LogP contribution in [-0.4, -0.2) is 42.5 Å². The van der Waals surface area contributed by atoms with Gasteiger partial charge in [0.25, 0.3) is 0 Å². The summed E-state index contributed by atoms with van der Waals surface area (Å²) in [7, 11) is 0. The van der Waals surface area contributed by atoms with E-state index < -0.39 is 35.0 Å². The van der Waals surface area contributed by atoms with E-state index in [0.717, 1.165) is 9.67 Å².